The van der Waals surface area contributed by atoms with Gasteiger partial charge in [-0.15, -0.1) is 0 Å². The molecule has 3 fully saturated rings. The molecule has 8 nitrogen and oxygen atoms in total. The number of aryl methyl sites for hydroxylation is 1. The van der Waals surface area contributed by atoms with E-state index in [9.17, 15) is 14.4 Å². The fraction of sp³-hybridized carbons (Fsp3) is 0.630. The molecular formula is C27H34F2N4O4. The number of esters is 1. The zero-order valence-electron chi connectivity index (χ0n) is 21.7. The molecule has 2 aliphatic heterocycles. The lowest BCUT2D eigenvalue weighted by atomic mass is 9.77. The quantitative estimate of drug-likeness (QED) is 0.493. The molecule has 200 valence electrons. The number of carbonyl (C=O) groups excluding carboxylic acids is 3. The highest BCUT2D eigenvalue weighted by Crippen LogP contribution is 2.45. The second kappa shape index (κ2) is 9.15. The first-order chi connectivity index (χ1) is 17.3. The lowest BCUT2D eigenvalue weighted by molar-refractivity contribution is -0.167. The molecule has 2 aromatic rings. The van der Waals surface area contributed by atoms with Crippen LogP contribution in [0.2, 0.25) is 0 Å². The molecular weight excluding hydrogens is 482 g/mol. The van der Waals surface area contributed by atoms with Gasteiger partial charge < -0.3 is 4.74 Å². The van der Waals surface area contributed by atoms with Crippen LogP contribution in [0.5, 0.6) is 0 Å². The summed E-state index contributed by atoms with van der Waals surface area (Å²) >= 11 is 0. The van der Waals surface area contributed by atoms with Gasteiger partial charge in [0.05, 0.1) is 35.5 Å². The third-order valence-corrected chi connectivity index (χ3v) is 7.87. The van der Waals surface area contributed by atoms with E-state index in [2.05, 4.69) is 10.4 Å². The first-order valence-electron chi connectivity index (χ1n) is 13.0. The fourth-order valence-corrected chi connectivity index (χ4v) is 5.88. The lowest BCUT2D eigenvalue weighted by Gasteiger charge is -2.47. The van der Waals surface area contributed by atoms with E-state index in [0.29, 0.717) is 49.0 Å². The van der Waals surface area contributed by atoms with Crippen LogP contribution in [0, 0.1) is 5.92 Å². The normalized spacial score (nSPS) is 28.6. The van der Waals surface area contributed by atoms with Crippen molar-refractivity contribution in [2.24, 2.45) is 13.0 Å². The number of hydrogen-bond donors (Lipinski definition) is 1. The number of nitrogens with one attached hydrogen (secondary N) is 1. The Morgan fingerprint density at radius 2 is 1.92 bits per heavy atom. The molecule has 1 aromatic carbocycles. The topological polar surface area (TPSA) is 93.5 Å². The Hall–Kier alpha value is -2.88. The van der Waals surface area contributed by atoms with Gasteiger partial charge in [0, 0.05) is 24.9 Å². The zero-order valence-corrected chi connectivity index (χ0v) is 21.7. The minimum absolute atomic E-state index is 0.0278. The monoisotopic (exact) mass is 516 g/mol. The molecule has 10 heteroatoms. The summed E-state index contributed by atoms with van der Waals surface area (Å²) in [5.41, 5.74) is 1.26. The first-order valence-corrected chi connectivity index (χ1v) is 13.0. The average molecular weight is 517 g/mol. The number of fused-ring (bicyclic) bond motifs is 1. The predicted octanol–water partition coefficient (Wildman–Crippen LogP) is 3.64. The summed E-state index contributed by atoms with van der Waals surface area (Å²) in [7, 11) is 1.74. The molecule has 1 aromatic heterocycles. The van der Waals surface area contributed by atoms with Crippen LogP contribution in [0.25, 0.3) is 10.9 Å². The SMILES string of the molecule is Cn1nc(C2CCC(=O)NC2=O)c2ccc(C3CCN(C4CC(C(=O)OC(C)(C)C)C4)CC3(F)F)cc21. The molecule has 2 amide bonds. The minimum atomic E-state index is -2.92. The zero-order chi connectivity index (χ0) is 26.7. The van der Waals surface area contributed by atoms with Gasteiger partial charge in [0.1, 0.15) is 5.60 Å². The third-order valence-electron chi connectivity index (χ3n) is 7.87. The van der Waals surface area contributed by atoms with E-state index in [0.717, 1.165) is 5.39 Å². The number of alkyl halides is 2. The van der Waals surface area contributed by atoms with Gasteiger partial charge in [0.25, 0.3) is 5.92 Å². The summed E-state index contributed by atoms with van der Waals surface area (Å²) in [4.78, 5) is 38.0. The largest absolute Gasteiger partial charge is 0.460 e. The van der Waals surface area contributed by atoms with Crippen molar-refractivity contribution in [1.82, 2.24) is 20.0 Å². The van der Waals surface area contributed by atoms with Gasteiger partial charge in [-0.05, 0) is 64.6 Å². The van der Waals surface area contributed by atoms with Gasteiger partial charge in [-0.3, -0.25) is 29.3 Å². The molecule has 5 rings (SSSR count). The van der Waals surface area contributed by atoms with E-state index in [1.807, 2.05) is 25.7 Å². The van der Waals surface area contributed by atoms with Gasteiger partial charge in [-0.2, -0.15) is 5.10 Å². The number of likely N-dealkylation sites (tertiary alicyclic amines) is 1. The maximum absolute atomic E-state index is 15.4. The Morgan fingerprint density at radius 3 is 2.57 bits per heavy atom. The van der Waals surface area contributed by atoms with Crippen molar-refractivity contribution in [3.05, 3.63) is 29.5 Å². The Kier molecular flexibility index (Phi) is 6.37. The second-order valence-electron chi connectivity index (χ2n) is 11.7. The number of hydrogen-bond acceptors (Lipinski definition) is 6. The molecule has 1 N–H and O–H groups in total. The maximum atomic E-state index is 15.4. The highest BCUT2D eigenvalue weighted by Gasteiger charge is 2.49. The first kappa shape index (κ1) is 25.8. The van der Waals surface area contributed by atoms with Crippen molar-refractivity contribution in [1.29, 1.82) is 0 Å². The number of carbonyl (C=O) groups is 3. The Balaban J connectivity index is 1.28. The number of ether oxygens (including phenoxy) is 1. The third kappa shape index (κ3) is 5.00. The smallest absolute Gasteiger partial charge is 0.309 e. The molecule has 0 bridgehead atoms. The van der Waals surface area contributed by atoms with E-state index in [4.69, 9.17) is 4.74 Å². The van der Waals surface area contributed by atoms with Crippen LogP contribution in [0.1, 0.15) is 76.0 Å². The van der Waals surface area contributed by atoms with Crippen LogP contribution >= 0.6 is 0 Å². The molecule has 0 radical (unpaired) electrons. The summed E-state index contributed by atoms with van der Waals surface area (Å²) in [5.74, 6) is -5.52. The van der Waals surface area contributed by atoms with Gasteiger partial charge >= 0.3 is 5.97 Å². The van der Waals surface area contributed by atoms with Crippen molar-refractivity contribution >= 4 is 28.7 Å². The Labute approximate surface area is 214 Å². The van der Waals surface area contributed by atoms with Crippen molar-refractivity contribution in [3.8, 4) is 0 Å². The molecule has 0 spiro atoms. The van der Waals surface area contributed by atoms with Crippen molar-refractivity contribution in [3.63, 3.8) is 0 Å². The molecule has 37 heavy (non-hydrogen) atoms. The van der Waals surface area contributed by atoms with Crippen molar-refractivity contribution in [2.75, 3.05) is 13.1 Å². The molecule has 3 heterocycles. The Bertz CT molecular complexity index is 1240. The van der Waals surface area contributed by atoms with Gasteiger partial charge in [-0.25, -0.2) is 8.78 Å². The maximum Gasteiger partial charge on any atom is 0.309 e. The second-order valence-corrected chi connectivity index (χ2v) is 11.7. The lowest BCUT2D eigenvalue weighted by Crippen LogP contribution is -2.56. The number of halogens is 2. The molecule has 1 aliphatic carbocycles. The molecule has 2 saturated heterocycles. The number of imide groups is 1. The number of benzene rings is 1. The molecule has 1 saturated carbocycles. The summed E-state index contributed by atoms with van der Waals surface area (Å²) < 4.78 is 38.0. The Morgan fingerprint density at radius 1 is 1.19 bits per heavy atom. The van der Waals surface area contributed by atoms with Crippen LogP contribution < -0.4 is 5.32 Å². The van der Waals surface area contributed by atoms with Crippen LogP contribution in [0.15, 0.2) is 18.2 Å². The van der Waals surface area contributed by atoms with Crippen molar-refractivity contribution in [2.45, 2.75) is 82.3 Å². The van der Waals surface area contributed by atoms with Gasteiger partial charge in [-0.1, -0.05) is 12.1 Å². The number of rotatable bonds is 4. The standard InChI is InChI=1S/C27H34F2N4O4/c1-26(2,3)37-25(36)16-11-17(12-16)33-10-9-20(27(28,29)14-33)15-5-6-18-21(13-15)32(4)31-23(18)19-7-8-22(34)30-24(19)35/h5-6,13,16-17,19-20H,7-12,14H2,1-4H3,(H,30,34,35). The van der Waals surface area contributed by atoms with E-state index in [1.54, 1.807) is 29.9 Å². The van der Waals surface area contributed by atoms with Crippen LogP contribution in [-0.2, 0) is 26.2 Å². The minimum Gasteiger partial charge on any atom is -0.460 e. The molecule has 2 unspecified atom stereocenters. The highest BCUT2D eigenvalue weighted by atomic mass is 19.3. The van der Waals surface area contributed by atoms with Crippen LogP contribution in [0.3, 0.4) is 0 Å². The van der Waals surface area contributed by atoms with Crippen LogP contribution in [0.4, 0.5) is 8.78 Å². The van der Waals surface area contributed by atoms with Crippen molar-refractivity contribution < 1.29 is 27.9 Å². The predicted molar refractivity (Wildman–Crippen MR) is 132 cm³/mol. The van der Waals surface area contributed by atoms with Crippen LogP contribution in [-0.4, -0.2) is 63.1 Å². The van der Waals surface area contributed by atoms with E-state index >= 15 is 8.78 Å². The highest BCUT2D eigenvalue weighted by molar-refractivity contribution is 6.02. The summed E-state index contributed by atoms with van der Waals surface area (Å²) in [6, 6.07) is 5.22. The number of piperidine rings is 2. The number of aromatic nitrogens is 2. The number of amides is 2. The molecule has 2 atom stereocenters. The van der Waals surface area contributed by atoms with E-state index in [-0.39, 0.29) is 42.7 Å². The average Bonchev–Trinajstić information content (AvgIpc) is 3.06. The number of nitrogens with zero attached hydrogens (tertiary/aromatic N) is 3. The van der Waals surface area contributed by atoms with E-state index in [1.165, 1.54) is 0 Å². The summed E-state index contributed by atoms with van der Waals surface area (Å²) in [6.45, 7) is 5.67. The van der Waals surface area contributed by atoms with Gasteiger partial charge in [0.15, 0.2) is 0 Å². The summed E-state index contributed by atoms with van der Waals surface area (Å²) in [5, 5.41) is 7.62. The fourth-order valence-electron chi connectivity index (χ4n) is 5.88. The van der Waals surface area contributed by atoms with E-state index < -0.39 is 23.4 Å². The van der Waals surface area contributed by atoms with Gasteiger partial charge in [0.2, 0.25) is 11.8 Å². The molecule has 3 aliphatic rings. The summed E-state index contributed by atoms with van der Waals surface area (Å²) in [6.07, 6.45) is 2.05.